The Morgan fingerprint density at radius 2 is 2.00 bits per heavy atom. The van der Waals surface area contributed by atoms with Crippen molar-refractivity contribution < 1.29 is 19.2 Å². The number of benzene rings is 1. The summed E-state index contributed by atoms with van der Waals surface area (Å²) in [6.45, 7) is 0.486. The summed E-state index contributed by atoms with van der Waals surface area (Å²) in [4.78, 5) is 0. The Balaban J connectivity index is 2.10. The van der Waals surface area contributed by atoms with Gasteiger partial charge in [-0.2, -0.15) is 0 Å². The topological polar surface area (TPSA) is 49.7 Å². The number of rotatable bonds is 4. The molecule has 98 valence electrons. The molecule has 1 aliphatic rings. The molecule has 1 aromatic carbocycles. The predicted octanol–water partition coefficient (Wildman–Crippen LogP) is 1.84. The first-order valence-corrected chi connectivity index (χ1v) is 6.85. The average Bonchev–Trinajstić information content (AvgIpc) is 2.80. The van der Waals surface area contributed by atoms with Crippen LogP contribution in [0.1, 0.15) is 25.7 Å². The maximum atomic E-state index is 14.0. The smallest absolute Gasteiger partial charge is 0.490 e. The SMILES string of the molecule is OB(O)c1c(Br)ccc(OCC2CCCC2)c1F. The van der Waals surface area contributed by atoms with Gasteiger partial charge in [-0.05, 0) is 30.9 Å². The largest absolute Gasteiger partial charge is 0.492 e. The van der Waals surface area contributed by atoms with Gasteiger partial charge in [-0.15, -0.1) is 0 Å². The zero-order valence-corrected chi connectivity index (χ0v) is 11.5. The number of hydrogen-bond acceptors (Lipinski definition) is 3. The molecule has 1 saturated carbocycles. The standard InChI is InChI=1S/C12H15BBrFO3/c14-9-5-6-10(12(15)11(9)13(16)17)18-7-8-3-1-2-4-8/h5-6,8,16-17H,1-4,7H2. The first-order chi connectivity index (χ1) is 8.59. The van der Waals surface area contributed by atoms with Crippen molar-refractivity contribution in [2.75, 3.05) is 6.61 Å². The molecule has 18 heavy (non-hydrogen) atoms. The maximum absolute atomic E-state index is 14.0. The van der Waals surface area contributed by atoms with Crippen LogP contribution in [-0.4, -0.2) is 23.8 Å². The summed E-state index contributed by atoms with van der Waals surface area (Å²) in [7, 11) is -1.85. The molecule has 0 atom stereocenters. The second kappa shape index (κ2) is 6.04. The molecule has 6 heteroatoms. The first-order valence-electron chi connectivity index (χ1n) is 6.06. The maximum Gasteiger partial charge on any atom is 0.492 e. The fraction of sp³-hybridized carbons (Fsp3) is 0.500. The number of halogens is 2. The Labute approximate surface area is 114 Å². The normalized spacial score (nSPS) is 16.0. The Morgan fingerprint density at radius 1 is 1.33 bits per heavy atom. The van der Waals surface area contributed by atoms with E-state index < -0.39 is 12.9 Å². The minimum absolute atomic E-state index is 0.0770. The van der Waals surface area contributed by atoms with E-state index in [0.717, 1.165) is 12.8 Å². The second-order valence-electron chi connectivity index (χ2n) is 4.61. The molecule has 0 aliphatic heterocycles. The molecule has 0 unspecified atom stereocenters. The van der Waals surface area contributed by atoms with E-state index in [1.165, 1.54) is 18.9 Å². The van der Waals surface area contributed by atoms with Gasteiger partial charge in [0, 0.05) is 9.94 Å². The highest BCUT2D eigenvalue weighted by Crippen LogP contribution is 2.27. The van der Waals surface area contributed by atoms with Crippen LogP contribution < -0.4 is 10.2 Å². The van der Waals surface area contributed by atoms with Crippen LogP contribution in [0.15, 0.2) is 16.6 Å². The Morgan fingerprint density at radius 3 is 2.61 bits per heavy atom. The molecule has 0 heterocycles. The number of hydrogen-bond donors (Lipinski definition) is 2. The molecule has 0 amide bonds. The van der Waals surface area contributed by atoms with Crippen LogP contribution in [0.2, 0.25) is 0 Å². The molecule has 1 fully saturated rings. The van der Waals surface area contributed by atoms with E-state index in [1.807, 2.05) is 0 Å². The molecule has 3 nitrogen and oxygen atoms in total. The molecule has 2 N–H and O–H groups in total. The van der Waals surface area contributed by atoms with Crippen molar-refractivity contribution in [3.05, 3.63) is 22.4 Å². The van der Waals surface area contributed by atoms with Crippen molar-refractivity contribution in [3.8, 4) is 5.75 Å². The summed E-state index contributed by atoms with van der Waals surface area (Å²) in [5.41, 5.74) is -0.182. The van der Waals surface area contributed by atoms with Crippen LogP contribution in [-0.2, 0) is 0 Å². The van der Waals surface area contributed by atoms with Gasteiger partial charge >= 0.3 is 7.12 Å². The third kappa shape index (κ3) is 3.05. The van der Waals surface area contributed by atoms with Crippen molar-refractivity contribution in [1.29, 1.82) is 0 Å². The third-order valence-corrected chi connectivity index (χ3v) is 3.99. The Bertz CT molecular complexity index is 422. The average molecular weight is 317 g/mol. The van der Waals surface area contributed by atoms with E-state index in [0.29, 0.717) is 17.0 Å². The van der Waals surface area contributed by atoms with E-state index in [1.54, 1.807) is 6.07 Å². The van der Waals surface area contributed by atoms with Gasteiger partial charge in [0.15, 0.2) is 11.6 Å². The summed E-state index contributed by atoms with van der Waals surface area (Å²) in [5, 5.41) is 18.2. The lowest BCUT2D eigenvalue weighted by Gasteiger charge is -2.14. The summed E-state index contributed by atoms with van der Waals surface area (Å²) >= 11 is 3.08. The molecular formula is C12H15BBrFO3. The fourth-order valence-electron chi connectivity index (χ4n) is 2.28. The Kier molecular flexibility index (Phi) is 4.64. The van der Waals surface area contributed by atoms with Gasteiger partial charge < -0.3 is 14.8 Å². The lowest BCUT2D eigenvalue weighted by atomic mass is 9.80. The van der Waals surface area contributed by atoms with E-state index in [2.05, 4.69) is 15.9 Å². The van der Waals surface area contributed by atoms with Gasteiger partial charge in [0.1, 0.15) is 0 Å². The van der Waals surface area contributed by atoms with Gasteiger partial charge in [-0.25, -0.2) is 4.39 Å². The van der Waals surface area contributed by atoms with Gasteiger partial charge in [-0.1, -0.05) is 28.8 Å². The minimum Gasteiger partial charge on any atom is -0.490 e. The predicted molar refractivity (Wildman–Crippen MR) is 71.4 cm³/mol. The zero-order chi connectivity index (χ0) is 13.1. The van der Waals surface area contributed by atoms with Crippen LogP contribution in [0.4, 0.5) is 4.39 Å². The van der Waals surface area contributed by atoms with Crippen LogP contribution in [0.25, 0.3) is 0 Å². The van der Waals surface area contributed by atoms with Crippen molar-refractivity contribution in [3.63, 3.8) is 0 Å². The van der Waals surface area contributed by atoms with Gasteiger partial charge in [0.2, 0.25) is 0 Å². The van der Waals surface area contributed by atoms with Crippen LogP contribution >= 0.6 is 15.9 Å². The second-order valence-corrected chi connectivity index (χ2v) is 5.46. The molecule has 0 aromatic heterocycles. The van der Waals surface area contributed by atoms with Crippen molar-refractivity contribution >= 4 is 28.5 Å². The lowest BCUT2D eigenvalue weighted by molar-refractivity contribution is 0.242. The monoisotopic (exact) mass is 316 g/mol. The summed E-state index contributed by atoms with van der Waals surface area (Å²) in [6, 6.07) is 3.06. The van der Waals surface area contributed by atoms with Crippen molar-refractivity contribution in [1.82, 2.24) is 0 Å². The summed E-state index contributed by atoms with van der Waals surface area (Å²) in [5.74, 6) is -0.152. The number of ether oxygens (including phenoxy) is 1. The van der Waals surface area contributed by atoms with Crippen LogP contribution in [0.5, 0.6) is 5.75 Å². The van der Waals surface area contributed by atoms with E-state index in [9.17, 15) is 4.39 Å². The van der Waals surface area contributed by atoms with Crippen molar-refractivity contribution in [2.24, 2.45) is 5.92 Å². The highest BCUT2D eigenvalue weighted by atomic mass is 79.9. The third-order valence-electron chi connectivity index (χ3n) is 3.30. The van der Waals surface area contributed by atoms with Gasteiger partial charge in [-0.3, -0.25) is 0 Å². The van der Waals surface area contributed by atoms with Gasteiger partial charge in [0.25, 0.3) is 0 Å². The lowest BCUT2D eigenvalue weighted by Crippen LogP contribution is -2.34. The molecule has 0 radical (unpaired) electrons. The fourth-order valence-corrected chi connectivity index (χ4v) is 2.79. The van der Waals surface area contributed by atoms with E-state index >= 15 is 0 Å². The minimum atomic E-state index is -1.85. The highest BCUT2D eigenvalue weighted by Gasteiger charge is 2.24. The summed E-state index contributed by atoms with van der Waals surface area (Å²) < 4.78 is 19.8. The molecule has 2 rings (SSSR count). The Hall–Kier alpha value is -0.585. The molecule has 0 bridgehead atoms. The highest BCUT2D eigenvalue weighted by molar-refractivity contribution is 9.10. The van der Waals surface area contributed by atoms with Gasteiger partial charge in [0.05, 0.1) is 6.61 Å². The van der Waals surface area contributed by atoms with E-state index in [-0.39, 0.29) is 11.2 Å². The van der Waals surface area contributed by atoms with Crippen LogP contribution in [0, 0.1) is 11.7 Å². The van der Waals surface area contributed by atoms with E-state index in [4.69, 9.17) is 14.8 Å². The quantitative estimate of drug-likeness (QED) is 0.833. The first kappa shape index (κ1) is 13.8. The summed E-state index contributed by atoms with van der Waals surface area (Å²) in [6.07, 6.45) is 4.65. The van der Waals surface area contributed by atoms with Crippen LogP contribution in [0.3, 0.4) is 0 Å². The molecular weight excluding hydrogens is 302 g/mol. The van der Waals surface area contributed by atoms with Crippen molar-refractivity contribution in [2.45, 2.75) is 25.7 Å². The molecule has 1 aromatic rings. The zero-order valence-electron chi connectivity index (χ0n) is 9.90. The molecule has 0 saturated heterocycles. The molecule has 1 aliphatic carbocycles. The molecule has 0 spiro atoms.